The van der Waals surface area contributed by atoms with Gasteiger partial charge in [0.05, 0.1) is 4.90 Å². The Morgan fingerprint density at radius 1 is 1.15 bits per heavy atom. The van der Waals surface area contributed by atoms with Crippen LogP contribution in [0.1, 0.15) is 42.1 Å². The zero-order valence-electron chi connectivity index (χ0n) is 15.4. The van der Waals surface area contributed by atoms with Gasteiger partial charge in [-0.25, -0.2) is 8.42 Å². The first-order valence-electron chi connectivity index (χ1n) is 8.98. The average Bonchev–Trinajstić information content (AvgIpc) is 2.65. The molecule has 0 bridgehead atoms. The molecule has 1 aliphatic rings. The maximum absolute atomic E-state index is 12.9. The molecule has 2 aromatic rings. The molecule has 1 aliphatic heterocycles. The standard InChI is InChI=1S/C20H23ClN2O3S/c1-14-6-9-17(21)13-19(14)22-20(24)16-7-10-18(11-8-16)27(25,26)23-12-4-3-5-15(23)2/h6-11,13,15H,3-5,12H2,1-2H3,(H,22,24)/t15-/m1/s1. The molecule has 3 rings (SSSR count). The lowest BCUT2D eigenvalue weighted by molar-refractivity contribution is 0.102. The van der Waals surface area contributed by atoms with Crippen molar-refractivity contribution in [2.75, 3.05) is 11.9 Å². The summed E-state index contributed by atoms with van der Waals surface area (Å²) in [4.78, 5) is 12.7. The van der Waals surface area contributed by atoms with Crippen LogP contribution in [-0.2, 0) is 10.0 Å². The second-order valence-electron chi connectivity index (χ2n) is 6.90. The summed E-state index contributed by atoms with van der Waals surface area (Å²) in [5, 5.41) is 3.35. The minimum absolute atomic E-state index is 0.00229. The van der Waals surface area contributed by atoms with E-state index in [1.165, 1.54) is 24.3 Å². The molecule has 0 aromatic heterocycles. The van der Waals surface area contributed by atoms with E-state index in [4.69, 9.17) is 11.6 Å². The highest BCUT2D eigenvalue weighted by molar-refractivity contribution is 7.89. The lowest BCUT2D eigenvalue weighted by atomic mass is 10.1. The number of anilines is 1. The quantitative estimate of drug-likeness (QED) is 0.814. The van der Waals surface area contributed by atoms with Crippen molar-refractivity contribution in [3.63, 3.8) is 0 Å². The maximum atomic E-state index is 12.9. The van der Waals surface area contributed by atoms with Crippen LogP contribution in [-0.4, -0.2) is 31.2 Å². The molecule has 144 valence electrons. The van der Waals surface area contributed by atoms with Crippen molar-refractivity contribution in [1.82, 2.24) is 4.31 Å². The number of carbonyl (C=O) groups excluding carboxylic acids is 1. The molecule has 7 heteroatoms. The van der Waals surface area contributed by atoms with Gasteiger partial charge in [-0.3, -0.25) is 4.79 Å². The Hall–Kier alpha value is -1.89. The van der Waals surface area contributed by atoms with Crippen LogP contribution < -0.4 is 5.32 Å². The number of rotatable bonds is 4. The van der Waals surface area contributed by atoms with Gasteiger partial charge in [0, 0.05) is 28.9 Å². The van der Waals surface area contributed by atoms with Crippen molar-refractivity contribution < 1.29 is 13.2 Å². The first-order chi connectivity index (χ1) is 12.8. The van der Waals surface area contributed by atoms with Gasteiger partial charge in [-0.15, -0.1) is 0 Å². The second-order valence-corrected chi connectivity index (χ2v) is 9.23. The Balaban J connectivity index is 1.78. The summed E-state index contributed by atoms with van der Waals surface area (Å²) in [6, 6.07) is 11.3. The topological polar surface area (TPSA) is 66.5 Å². The van der Waals surface area contributed by atoms with Crippen molar-refractivity contribution in [3.8, 4) is 0 Å². The van der Waals surface area contributed by atoms with Gasteiger partial charge in [-0.05, 0) is 68.7 Å². The lowest BCUT2D eigenvalue weighted by Gasteiger charge is -2.32. The molecule has 1 N–H and O–H groups in total. The molecule has 1 heterocycles. The summed E-state index contributed by atoms with van der Waals surface area (Å²) in [6.07, 6.45) is 2.80. The minimum Gasteiger partial charge on any atom is -0.322 e. The number of carbonyl (C=O) groups is 1. The number of hydrogen-bond donors (Lipinski definition) is 1. The van der Waals surface area contributed by atoms with E-state index in [1.54, 1.807) is 16.4 Å². The van der Waals surface area contributed by atoms with Crippen LogP contribution in [0.4, 0.5) is 5.69 Å². The summed E-state index contributed by atoms with van der Waals surface area (Å²) in [7, 11) is -3.54. The van der Waals surface area contributed by atoms with Gasteiger partial charge in [-0.1, -0.05) is 24.1 Å². The highest BCUT2D eigenvalue weighted by Gasteiger charge is 2.30. The predicted molar refractivity (Wildman–Crippen MR) is 108 cm³/mol. The third-order valence-corrected chi connectivity index (χ3v) is 7.18. The zero-order valence-corrected chi connectivity index (χ0v) is 17.0. The van der Waals surface area contributed by atoms with Crippen molar-refractivity contribution in [1.29, 1.82) is 0 Å². The van der Waals surface area contributed by atoms with Crippen LogP contribution in [0.25, 0.3) is 0 Å². The van der Waals surface area contributed by atoms with Gasteiger partial charge in [0.2, 0.25) is 10.0 Å². The highest BCUT2D eigenvalue weighted by Crippen LogP contribution is 2.26. The van der Waals surface area contributed by atoms with Crippen LogP contribution in [0.15, 0.2) is 47.4 Å². The van der Waals surface area contributed by atoms with E-state index in [2.05, 4.69) is 5.32 Å². The number of aryl methyl sites for hydroxylation is 1. The molecule has 1 saturated heterocycles. The molecule has 1 fully saturated rings. The number of piperidine rings is 1. The first kappa shape index (κ1) is 19.9. The Labute approximate surface area is 165 Å². The van der Waals surface area contributed by atoms with E-state index >= 15 is 0 Å². The van der Waals surface area contributed by atoms with Crippen molar-refractivity contribution >= 4 is 33.2 Å². The number of hydrogen-bond acceptors (Lipinski definition) is 3. The molecule has 2 aromatic carbocycles. The summed E-state index contributed by atoms with van der Waals surface area (Å²) in [6.45, 7) is 4.35. The molecule has 1 amide bonds. The predicted octanol–water partition coefficient (Wildman–Crippen LogP) is 4.46. The summed E-state index contributed by atoms with van der Waals surface area (Å²) in [5.74, 6) is -0.310. The molecule has 0 aliphatic carbocycles. The summed E-state index contributed by atoms with van der Waals surface area (Å²) >= 11 is 5.98. The largest absolute Gasteiger partial charge is 0.322 e. The SMILES string of the molecule is Cc1ccc(Cl)cc1NC(=O)c1ccc(S(=O)(=O)N2CCCC[C@H]2C)cc1. The number of amides is 1. The molecule has 27 heavy (non-hydrogen) atoms. The fourth-order valence-electron chi connectivity index (χ4n) is 3.27. The van der Waals surface area contributed by atoms with Gasteiger partial charge >= 0.3 is 0 Å². The fraction of sp³-hybridized carbons (Fsp3) is 0.350. The number of nitrogens with zero attached hydrogens (tertiary/aromatic N) is 1. The normalized spacial score (nSPS) is 18.3. The van der Waals surface area contributed by atoms with E-state index in [0.717, 1.165) is 24.8 Å². The Morgan fingerprint density at radius 2 is 1.85 bits per heavy atom. The van der Waals surface area contributed by atoms with E-state index in [0.29, 0.717) is 22.8 Å². The third kappa shape index (κ3) is 4.34. The monoisotopic (exact) mass is 406 g/mol. The van der Waals surface area contributed by atoms with Crippen LogP contribution in [0.2, 0.25) is 5.02 Å². The van der Waals surface area contributed by atoms with Gasteiger partial charge in [0.1, 0.15) is 0 Å². The van der Waals surface area contributed by atoms with Crippen molar-refractivity contribution in [2.24, 2.45) is 0 Å². The molecule has 0 unspecified atom stereocenters. The Bertz CT molecular complexity index is 942. The molecule has 0 spiro atoms. The Morgan fingerprint density at radius 3 is 2.52 bits per heavy atom. The van der Waals surface area contributed by atoms with E-state index in [1.807, 2.05) is 19.9 Å². The smallest absolute Gasteiger partial charge is 0.255 e. The molecule has 1 atom stereocenters. The van der Waals surface area contributed by atoms with Crippen LogP contribution >= 0.6 is 11.6 Å². The van der Waals surface area contributed by atoms with Crippen LogP contribution in [0.3, 0.4) is 0 Å². The fourth-order valence-corrected chi connectivity index (χ4v) is 5.14. The van der Waals surface area contributed by atoms with Gasteiger partial charge < -0.3 is 5.32 Å². The van der Waals surface area contributed by atoms with Crippen LogP contribution in [0.5, 0.6) is 0 Å². The highest BCUT2D eigenvalue weighted by atomic mass is 35.5. The van der Waals surface area contributed by atoms with E-state index < -0.39 is 10.0 Å². The number of benzene rings is 2. The number of nitrogens with one attached hydrogen (secondary N) is 1. The number of sulfonamides is 1. The van der Waals surface area contributed by atoms with E-state index in [-0.39, 0.29) is 16.8 Å². The second kappa shape index (κ2) is 8.00. The summed E-state index contributed by atoms with van der Waals surface area (Å²) < 4.78 is 27.3. The average molecular weight is 407 g/mol. The van der Waals surface area contributed by atoms with Crippen molar-refractivity contribution in [3.05, 3.63) is 58.6 Å². The Kier molecular flexibility index (Phi) is 5.89. The zero-order chi connectivity index (χ0) is 19.6. The van der Waals surface area contributed by atoms with Gasteiger partial charge in [-0.2, -0.15) is 4.31 Å². The molecule has 5 nitrogen and oxygen atoms in total. The lowest BCUT2D eigenvalue weighted by Crippen LogP contribution is -2.41. The number of halogens is 1. The van der Waals surface area contributed by atoms with E-state index in [9.17, 15) is 13.2 Å². The maximum Gasteiger partial charge on any atom is 0.255 e. The molecular weight excluding hydrogens is 384 g/mol. The molecular formula is C20H23ClN2O3S. The first-order valence-corrected chi connectivity index (χ1v) is 10.8. The van der Waals surface area contributed by atoms with Crippen molar-refractivity contribution in [2.45, 2.75) is 44.0 Å². The minimum atomic E-state index is -3.54. The molecule has 0 radical (unpaired) electrons. The van der Waals surface area contributed by atoms with Crippen LogP contribution in [0, 0.1) is 6.92 Å². The summed E-state index contributed by atoms with van der Waals surface area (Å²) in [5.41, 5.74) is 1.91. The third-order valence-electron chi connectivity index (χ3n) is 4.91. The van der Waals surface area contributed by atoms with Gasteiger partial charge in [0.15, 0.2) is 0 Å². The molecule has 0 saturated carbocycles. The van der Waals surface area contributed by atoms with Gasteiger partial charge in [0.25, 0.3) is 5.91 Å².